The maximum absolute atomic E-state index is 13.1. The molecular formula is C24H20F5N7O3. The fraction of sp³-hybridized carbons (Fsp3) is 0.250. The Morgan fingerprint density at radius 3 is 2.41 bits per heavy atom. The lowest BCUT2D eigenvalue weighted by atomic mass is 10.1. The summed E-state index contributed by atoms with van der Waals surface area (Å²) in [7, 11) is 0. The van der Waals surface area contributed by atoms with Crippen LogP contribution in [0.1, 0.15) is 22.5 Å². The van der Waals surface area contributed by atoms with E-state index >= 15 is 0 Å². The van der Waals surface area contributed by atoms with Gasteiger partial charge in [-0.15, -0.1) is 0 Å². The van der Waals surface area contributed by atoms with E-state index in [0.29, 0.717) is 41.5 Å². The monoisotopic (exact) mass is 549 g/mol. The first-order valence-corrected chi connectivity index (χ1v) is 11.4. The molecule has 2 N–H and O–H groups in total. The average molecular weight is 549 g/mol. The van der Waals surface area contributed by atoms with Crippen molar-refractivity contribution in [2.45, 2.75) is 12.6 Å². The molecule has 0 bridgehead atoms. The molecule has 204 valence electrons. The first-order chi connectivity index (χ1) is 18.5. The van der Waals surface area contributed by atoms with Gasteiger partial charge in [0.1, 0.15) is 11.4 Å². The third-order valence-electron chi connectivity index (χ3n) is 5.58. The lowest BCUT2D eigenvalue weighted by Crippen LogP contribution is -2.46. The Balaban J connectivity index is 0.000000448. The number of imidazole rings is 1. The summed E-state index contributed by atoms with van der Waals surface area (Å²) in [6, 6.07) is 9.03. The van der Waals surface area contributed by atoms with E-state index in [0.717, 1.165) is 18.7 Å². The Labute approximate surface area is 217 Å². The highest BCUT2D eigenvalue weighted by Gasteiger charge is 2.38. The molecule has 5 rings (SSSR count). The molecule has 15 heteroatoms. The van der Waals surface area contributed by atoms with Gasteiger partial charge >= 0.3 is 12.1 Å². The summed E-state index contributed by atoms with van der Waals surface area (Å²) in [4.78, 5) is 40.4. The Bertz CT molecular complexity index is 1490. The molecule has 0 spiro atoms. The van der Waals surface area contributed by atoms with Crippen molar-refractivity contribution in [3.8, 4) is 22.8 Å². The molecule has 1 fully saturated rings. The van der Waals surface area contributed by atoms with Gasteiger partial charge in [0.15, 0.2) is 11.5 Å². The molecule has 3 aromatic heterocycles. The van der Waals surface area contributed by atoms with Crippen molar-refractivity contribution >= 4 is 17.5 Å². The van der Waals surface area contributed by atoms with E-state index < -0.39 is 18.6 Å². The lowest BCUT2D eigenvalue weighted by Gasteiger charge is -2.27. The number of amides is 1. The minimum atomic E-state index is -5.08. The van der Waals surface area contributed by atoms with Crippen molar-refractivity contribution in [3.05, 3.63) is 66.4 Å². The molecule has 0 atom stereocenters. The number of carbonyl (C=O) groups is 2. The van der Waals surface area contributed by atoms with Gasteiger partial charge in [-0.1, -0.05) is 12.1 Å². The zero-order valence-corrected chi connectivity index (χ0v) is 19.9. The van der Waals surface area contributed by atoms with Gasteiger partial charge in [0.05, 0.1) is 18.1 Å². The second-order valence-electron chi connectivity index (χ2n) is 8.18. The highest BCUT2D eigenvalue weighted by Crippen LogP contribution is 2.24. The molecule has 39 heavy (non-hydrogen) atoms. The number of carbonyl (C=O) groups excluding carboxylic acids is 1. The topological polar surface area (TPSA) is 126 Å². The van der Waals surface area contributed by atoms with Gasteiger partial charge in [-0.05, 0) is 18.2 Å². The summed E-state index contributed by atoms with van der Waals surface area (Å²) in [5, 5.41) is 10.4. The number of benzene rings is 1. The third kappa shape index (κ3) is 6.49. The molecule has 0 radical (unpaired) electrons. The quantitative estimate of drug-likeness (QED) is 0.371. The van der Waals surface area contributed by atoms with Crippen molar-refractivity contribution in [2.75, 3.05) is 26.2 Å². The van der Waals surface area contributed by atoms with E-state index in [1.54, 1.807) is 18.3 Å². The predicted octanol–water partition coefficient (Wildman–Crippen LogP) is 3.47. The second kappa shape index (κ2) is 11.5. The van der Waals surface area contributed by atoms with Gasteiger partial charge < -0.3 is 15.3 Å². The number of carboxylic acid groups (broad SMARTS) is 1. The molecule has 0 saturated carbocycles. The number of halogens is 5. The molecule has 1 aromatic carbocycles. The fourth-order valence-electron chi connectivity index (χ4n) is 3.69. The molecule has 1 saturated heterocycles. The SMILES string of the molecule is O=C(O)C(F)(F)F.O=C(c1cccc(-c2ccnc(-c3cnc4cnc(C(F)F)cn34)n2)c1)N1CCNCC1. The van der Waals surface area contributed by atoms with E-state index in [4.69, 9.17) is 9.90 Å². The number of aliphatic carboxylic acids is 1. The number of alkyl halides is 5. The minimum absolute atomic E-state index is 0.0172. The second-order valence-corrected chi connectivity index (χ2v) is 8.18. The lowest BCUT2D eigenvalue weighted by molar-refractivity contribution is -0.192. The van der Waals surface area contributed by atoms with Crippen LogP contribution in [-0.4, -0.2) is 78.6 Å². The van der Waals surface area contributed by atoms with E-state index in [-0.39, 0.29) is 11.6 Å². The third-order valence-corrected chi connectivity index (χ3v) is 5.58. The van der Waals surface area contributed by atoms with Crippen molar-refractivity contribution in [1.82, 2.24) is 34.6 Å². The maximum atomic E-state index is 13.1. The van der Waals surface area contributed by atoms with Gasteiger partial charge in [0.2, 0.25) is 0 Å². The first-order valence-electron chi connectivity index (χ1n) is 11.4. The molecule has 1 aliphatic heterocycles. The van der Waals surface area contributed by atoms with Crippen molar-refractivity contribution in [2.24, 2.45) is 0 Å². The summed E-state index contributed by atoms with van der Waals surface area (Å²) >= 11 is 0. The number of piperazine rings is 1. The van der Waals surface area contributed by atoms with Crippen LogP contribution in [0.5, 0.6) is 0 Å². The van der Waals surface area contributed by atoms with Crippen LogP contribution in [0.15, 0.2) is 55.1 Å². The number of hydrogen-bond donors (Lipinski definition) is 2. The highest BCUT2D eigenvalue weighted by molar-refractivity contribution is 5.95. The van der Waals surface area contributed by atoms with Gasteiger partial charge in [-0.3, -0.25) is 9.20 Å². The summed E-state index contributed by atoms with van der Waals surface area (Å²) in [5.41, 5.74) is 2.50. The highest BCUT2D eigenvalue weighted by atomic mass is 19.4. The van der Waals surface area contributed by atoms with Gasteiger partial charge in [0, 0.05) is 49.7 Å². The van der Waals surface area contributed by atoms with Crippen molar-refractivity contribution in [3.63, 3.8) is 0 Å². The first kappa shape index (κ1) is 27.5. The maximum Gasteiger partial charge on any atom is 0.490 e. The van der Waals surface area contributed by atoms with Crippen molar-refractivity contribution in [1.29, 1.82) is 0 Å². The Morgan fingerprint density at radius 1 is 1.03 bits per heavy atom. The van der Waals surface area contributed by atoms with Crippen LogP contribution >= 0.6 is 0 Å². The van der Waals surface area contributed by atoms with Crippen LogP contribution in [-0.2, 0) is 4.79 Å². The number of fused-ring (bicyclic) bond motifs is 1. The summed E-state index contributed by atoms with van der Waals surface area (Å²) in [6.45, 7) is 2.90. The van der Waals surface area contributed by atoms with E-state index in [9.17, 15) is 26.7 Å². The minimum Gasteiger partial charge on any atom is -0.475 e. The Hall–Kier alpha value is -4.53. The number of carboxylic acids is 1. The Kier molecular flexibility index (Phi) is 8.09. The Morgan fingerprint density at radius 2 is 1.74 bits per heavy atom. The van der Waals surface area contributed by atoms with E-state index in [1.807, 2.05) is 23.1 Å². The smallest absolute Gasteiger partial charge is 0.475 e. The van der Waals surface area contributed by atoms with E-state index in [1.165, 1.54) is 23.0 Å². The molecule has 10 nitrogen and oxygen atoms in total. The van der Waals surface area contributed by atoms with Crippen LogP contribution in [0.4, 0.5) is 22.0 Å². The number of rotatable bonds is 4. The largest absolute Gasteiger partial charge is 0.490 e. The van der Waals surface area contributed by atoms with Gasteiger partial charge in [-0.25, -0.2) is 33.5 Å². The van der Waals surface area contributed by atoms with Crippen molar-refractivity contribution < 1.29 is 36.6 Å². The summed E-state index contributed by atoms with van der Waals surface area (Å²) in [5.74, 6) is -2.44. The van der Waals surface area contributed by atoms with Gasteiger partial charge in [0.25, 0.3) is 12.3 Å². The zero-order valence-electron chi connectivity index (χ0n) is 19.9. The van der Waals surface area contributed by atoms with Crippen LogP contribution in [0, 0.1) is 0 Å². The van der Waals surface area contributed by atoms with Crippen LogP contribution in [0.2, 0.25) is 0 Å². The van der Waals surface area contributed by atoms with Crippen LogP contribution < -0.4 is 5.32 Å². The standard InChI is InChI=1S/C22H19F2N7O.C2HF3O2/c23-20(24)17-13-31-18(11-28-19(31)12-27-17)21-26-5-4-16(29-21)14-2-1-3-15(10-14)22(32)30-8-6-25-7-9-30;3-2(4,5)1(6)7/h1-5,10-13,20,25H,6-9H2;(H,6,7). The molecule has 0 aliphatic carbocycles. The molecule has 4 heterocycles. The molecule has 1 amide bonds. The molecular weight excluding hydrogens is 529 g/mol. The number of aromatic nitrogens is 5. The number of nitrogens with one attached hydrogen (secondary N) is 1. The molecule has 0 unspecified atom stereocenters. The molecule has 4 aromatic rings. The zero-order chi connectivity index (χ0) is 28.2. The number of nitrogens with zero attached hydrogens (tertiary/aromatic N) is 6. The number of hydrogen-bond acceptors (Lipinski definition) is 7. The van der Waals surface area contributed by atoms with Crippen LogP contribution in [0.25, 0.3) is 28.4 Å². The molecule has 1 aliphatic rings. The predicted molar refractivity (Wildman–Crippen MR) is 127 cm³/mol. The summed E-state index contributed by atoms with van der Waals surface area (Å²) < 4.78 is 59.4. The fourth-order valence-corrected chi connectivity index (χ4v) is 3.69. The average Bonchev–Trinajstić information content (AvgIpc) is 3.36. The summed E-state index contributed by atoms with van der Waals surface area (Å²) in [6.07, 6.45) is -2.13. The van der Waals surface area contributed by atoms with E-state index in [2.05, 4.69) is 25.3 Å². The van der Waals surface area contributed by atoms with Crippen LogP contribution in [0.3, 0.4) is 0 Å². The van der Waals surface area contributed by atoms with Gasteiger partial charge in [-0.2, -0.15) is 13.2 Å². The normalized spacial score (nSPS) is 13.7.